The number of hydrogen-bond acceptors (Lipinski definition) is 3. The standard InChI is InChI=1S/C13H15BrN4O2/c1-8(9-2-4-10(14)5-3-9)12(19)15-7-6-11-16-13(20)18-17-11/h2-5,8H,6-7H2,1H3,(H,15,19)(H2,16,17,18,20)/t8-/m1/s1. The maximum absolute atomic E-state index is 12.0. The third kappa shape index (κ3) is 3.80. The molecule has 0 aliphatic carbocycles. The Labute approximate surface area is 124 Å². The summed E-state index contributed by atoms with van der Waals surface area (Å²) in [7, 11) is 0. The van der Waals surface area contributed by atoms with Gasteiger partial charge in [-0.2, -0.15) is 5.10 Å². The van der Waals surface area contributed by atoms with Crippen molar-refractivity contribution in [2.75, 3.05) is 6.54 Å². The first kappa shape index (κ1) is 14.5. The zero-order chi connectivity index (χ0) is 14.5. The van der Waals surface area contributed by atoms with Crippen LogP contribution in [0.15, 0.2) is 33.5 Å². The number of halogens is 1. The number of aromatic nitrogens is 3. The molecule has 20 heavy (non-hydrogen) atoms. The molecule has 6 nitrogen and oxygen atoms in total. The number of aromatic amines is 2. The van der Waals surface area contributed by atoms with Crippen LogP contribution in [-0.2, 0) is 11.2 Å². The Morgan fingerprint density at radius 3 is 2.70 bits per heavy atom. The summed E-state index contributed by atoms with van der Waals surface area (Å²) in [5, 5.41) is 8.88. The molecule has 3 N–H and O–H groups in total. The van der Waals surface area contributed by atoms with Crippen LogP contribution in [0.25, 0.3) is 0 Å². The maximum Gasteiger partial charge on any atom is 0.340 e. The number of hydrogen-bond donors (Lipinski definition) is 3. The van der Waals surface area contributed by atoms with Crippen LogP contribution in [0, 0.1) is 0 Å². The highest BCUT2D eigenvalue weighted by Crippen LogP contribution is 2.18. The molecule has 1 aromatic heterocycles. The van der Waals surface area contributed by atoms with Crippen molar-refractivity contribution in [2.45, 2.75) is 19.3 Å². The summed E-state index contributed by atoms with van der Waals surface area (Å²) in [5.41, 5.74) is 0.619. The minimum absolute atomic E-state index is 0.0507. The van der Waals surface area contributed by atoms with Gasteiger partial charge < -0.3 is 5.32 Å². The summed E-state index contributed by atoms with van der Waals surface area (Å²) in [5.74, 6) is 0.262. The minimum atomic E-state index is -0.338. The summed E-state index contributed by atoms with van der Waals surface area (Å²) in [4.78, 5) is 25.4. The van der Waals surface area contributed by atoms with Crippen LogP contribution >= 0.6 is 15.9 Å². The summed E-state index contributed by atoms with van der Waals surface area (Å²) in [6.07, 6.45) is 0.484. The van der Waals surface area contributed by atoms with Gasteiger partial charge in [0.05, 0.1) is 5.92 Å². The monoisotopic (exact) mass is 338 g/mol. The first-order valence-corrected chi connectivity index (χ1v) is 7.02. The molecule has 0 saturated heterocycles. The molecule has 1 atom stereocenters. The van der Waals surface area contributed by atoms with Crippen LogP contribution < -0.4 is 11.0 Å². The number of H-pyrrole nitrogens is 2. The van der Waals surface area contributed by atoms with E-state index in [4.69, 9.17) is 0 Å². The summed E-state index contributed by atoms with van der Waals surface area (Å²) >= 11 is 3.36. The molecule has 2 aromatic rings. The Hall–Kier alpha value is -1.89. The molecular weight excluding hydrogens is 324 g/mol. The van der Waals surface area contributed by atoms with Gasteiger partial charge in [-0.25, -0.2) is 9.89 Å². The molecule has 1 amide bonds. The molecule has 0 aliphatic rings. The molecule has 0 bridgehead atoms. The van der Waals surface area contributed by atoms with E-state index in [1.54, 1.807) is 0 Å². The first-order valence-electron chi connectivity index (χ1n) is 6.23. The summed E-state index contributed by atoms with van der Waals surface area (Å²) in [6, 6.07) is 7.65. The van der Waals surface area contributed by atoms with Crippen LogP contribution in [0.5, 0.6) is 0 Å². The minimum Gasteiger partial charge on any atom is -0.355 e. The van der Waals surface area contributed by atoms with Crippen molar-refractivity contribution in [3.63, 3.8) is 0 Å². The van der Waals surface area contributed by atoms with E-state index in [2.05, 4.69) is 36.4 Å². The van der Waals surface area contributed by atoms with E-state index in [1.807, 2.05) is 31.2 Å². The summed E-state index contributed by atoms with van der Waals surface area (Å²) in [6.45, 7) is 2.29. The average Bonchev–Trinajstić information content (AvgIpc) is 2.84. The topological polar surface area (TPSA) is 90.6 Å². The second-order valence-corrected chi connectivity index (χ2v) is 5.35. The molecule has 7 heteroatoms. The van der Waals surface area contributed by atoms with Crippen molar-refractivity contribution < 1.29 is 4.79 Å². The molecule has 2 rings (SSSR count). The van der Waals surface area contributed by atoms with Crippen LogP contribution in [0.2, 0.25) is 0 Å². The van der Waals surface area contributed by atoms with Crippen LogP contribution in [0.1, 0.15) is 24.2 Å². The first-order chi connectivity index (χ1) is 9.56. The Morgan fingerprint density at radius 2 is 2.10 bits per heavy atom. The van der Waals surface area contributed by atoms with Crippen molar-refractivity contribution in [3.8, 4) is 0 Å². The molecule has 0 unspecified atom stereocenters. The quantitative estimate of drug-likeness (QED) is 0.767. The van der Waals surface area contributed by atoms with E-state index in [-0.39, 0.29) is 17.5 Å². The zero-order valence-electron chi connectivity index (χ0n) is 10.9. The van der Waals surface area contributed by atoms with Gasteiger partial charge in [0.25, 0.3) is 0 Å². The van der Waals surface area contributed by atoms with E-state index in [1.165, 1.54) is 0 Å². The fraction of sp³-hybridized carbons (Fsp3) is 0.308. The van der Waals surface area contributed by atoms with Gasteiger partial charge in [0, 0.05) is 17.4 Å². The van der Waals surface area contributed by atoms with Crippen molar-refractivity contribution in [3.05, 3.63) is 50.6 Å². The highest BCUT2D eigenvalue weighted by Gasteiger charge is 2.14. The zero-order valence-corrected chi connectivity index (χ0v) is 12.5. The van der Waals surface area contributed by atoms with Crippen LogP contribution in [0.4, 0.5) is 0 Å². The number of nitrogens with one attached hydrogen (secondary N) is 3. The van der Waals surface area contributed by atoms with Gasteiger partial charge >= 0.3 is 5.69 Å². The molecule has 0 spiro atoms. The molecule has 1 aromatic carbocycles. The van der Waals surface area contributed by atoms with Gasteiger partial charge in [0.1, 0.15) is 5.82 Å². The Kier molecular flexibility index (Phi) is 4.73. The lowest BCUT2D eigenvalue weighted by Crippen LogP contribution is -2.30. The lowest BCUT2D eigenvalue weighted by atomic mass is 10.0. The number of benzene rings is 1. The Balaban J connectivity index is 1.85. The van der Waals surface area contributed by atoms with E-state index >= 15 is 0 Å². The van der Waals surface area contributed by atoms with Gasteiger partial charge in [0.15, 0.2) is 0 Å². The van der Waals surface area contributed by atoms with Crippen LogP contribution in [0.3, 0.4) is 0 Å². The highest BCUT2D eigenvalue weighted by molar-refractivity contribution is 9.10. The molecule has 0 saturated carbocycles. The lowest BCUT2D eigenvalue weighted by molar-refractivity contribution is -0.122. The second kappa shape index (κ2) is 6.51. The van der Waals surface area contributed by atoms with E-state index in [0.29, 0.717) is 18.8 Å². The van der Waals surface area contributed by atoms with E-state index < -0.39 is 0 Å². The molecule has 1 heterocycles. The summed E-state index contributed by atoms with van der Waals surface area (Å²) < 4.78 is 0.983. The number of rotatable bonds is 5. The maximum atomic E-state index is 12.0. The van der Waals surface area contributed by atoms with Gasteiger partial charge in [-0.1, -0.05) is 28.1 Å². The molecular formula is C13H15BrN4O2. The smallest absolute Gasteiger partial charge is 0.340 e. The average molecular weight is 339 g/mol. The number of carbonyl (C=O) groups is 1. The van der Waals surface area contributed by atoms with Crippen LogP contribution in [-0.4, -0.2) is 27.6 Å². The molecule has 106 valence electrons. The number of carbonyl (C=O) groups excluding carboxylic acids is 1. The fourth-order valence-corrected chi connectivity index (χ4v) is 2.05. The second-order valence-electron chi connectivity index (χ2n) is 4.44. The molecule has 0 radical (unpaired) electrons. The normalized spacial score (nSPS) is 12.1. The van der Waals surface area contributed by atoms with Crippen molar-refractivity contribution in [2.24, 2.45) is 0 Å². The van der Waals surface area contributed by atoms with E-state index in [0.717, 1.165) is 10.0 Å². The Morgan fingerprint density at radius 1 is 1.40 bits per heavy atom. The van der Waals surface area contributed by atoms with Crippen molar-refractivity contribution >= 4 is 21.8 Å². The SMILES string of the molecule is C[C@@H](C(=O)NCCc1n[nH]c(=O)[nH]1)c1ccc(Br)cc1. The third-order valence-corrected chi connectivity index (χ3v) is 3.50. The van der Waals surface area contributed by atoms with Gasteiger partial charge in [-0.05, 0) is 24.6 Å². The predicted octanol–water partition coefficient (Wildman–Crippen LogP) is 1.32. The fourth-order valence-electron chi connectivity index (χ4n) is 1.78. The highest BCUT2D eigenvalue weighted by atomic mass is 79.9. The van der Waals surface area contributed by atoms with Gasteiger partial charge in [0.2, 0.25) is 5.91 Å². The predicted molar refractivity (Wildman–Crippen MR) is 78.5 cm³/mol. The largest absolute Gasteiger partial charge is 0.355 e. The molecule has 0 aliphatic heterocycles. The molecule has 0 fully saturated rings. The van der Waals surface area contributed by atoms with Gasteiger partial charge in [-0.3, -0.25) is 9.78 Å². The van der Waals surface area contributed by atoms with Crippen molar-refractivity contribution in [1.82, 2.24) is 20.5 Å². The lowest BCUT2D eigenvalue weighted by Gasteiger charge is -2.12. The van der Waals surface area contributed by atoms with Gasteiger partial charge in [-0.15, -0.1) is 0 Å². The number of nitrogens with zero attached hydrogens (tertiary/aromatic N) is 1. The Bertz CT molecular complexity index is 632. The third-order valence-electron chi connectivity index (χ3n) is 2.97. The van der Waals surface area contributed by atoms with Crippen molar-refractivity contribution in [1.29, 1.82) is 0 Å². The number of amides is 1. The van der Waals surface area contributed by atoms with E-state index in [9.17, 15) is 9.59 Å².